The maximum Gasteiger partial charge on any atom is 0.737 e. The van der Waals surface area contributed by atoms with Gasteiger partial charge in [-0.3, -0.25) is 10.1 Å². The number of nitro benzene ring substituents is 1. The molecule has 0 aliphatic carbocycles. The van der Waals surface area contributed by atoms with E-state index >= 15 is 8.63 Å². The number of hydrogen-bond acceptors (Lipinski definition) is 2. The van der Waals surface area contributed by atoms with E-state index in [1.807, 2.05) is 27.7 Å². The Morgan fingerprint density at radius 1 is 1.06 bits per heavy atom. The van der Waals surface area contributed by atoms with E-state index in [1.165, 1.54) is 21.1 Å². The van der Waals surface area contributed by atoms with E-state index in [-0.39, 0.29) is 5.69 Å². The fraction of sp³-hybridized carbons (Fsp3) is 0.348. The lowest BCUT2D eigenvalue weighted by Crippen LogP contribution is -2.51. The molecule has 8 heteroatoms. The number of nitro groups is 1. The molecule has 0 amide bonds. The van der Waals surface area contributed by atoms with E-state index < -0.39 is 11.9 Å². The first kappa shape index (κ1) is 21.2. The molecule has 0 saturated heterocycles. The number of halogens is 2. The normalized spacial score (nSPS) is 17.4. The molecule has 162 valence electrons. The highest BCUT2D eigenvalue weighted by Gasteiger charge is 2.56. The number of allylic oxidation sites excluding steroid dienone is 2. The standard InChI is InChI=1S/C23H26BF2N3O2/c1-7-19-13(3)22-21(17-9-11-18(12-10-17)29(30)31)23-14(4)20(8-2)16(6)28(23)24(25,26)27(22)15(19)5/h9-12H,7-8H2,1-6H3. The van der Waals surface area contributed by atoms with Gasteiger partial charge in [0.05, 0.1) is 10.5 Å². The summed E-state index contributed by atoms with van der Waals surface area (Å²) in [6, 6.07) is 6.21. The third-order valence-electron chi connectivity index (χ3n) is 6.86. The minimum absolute atomic E-state index is 0.0234. The molecule has 2 aliphatic rings. The summed E-state index contributed by atoms with van der Waals surface area (Å²) in [5.74, 6) is 0. The molecule has 5 nitrogen and oxygen atoms in total. The molecule has 0 unspecified atom stereocenters. The number of non-ortho nitro benzene ring substituents is 1. The van der Waals surface area contributed by atoms with Crippen molar-refractivity contribution in [2.24, 2.45) is 0 Å². The zero-order chi connectivity index (χ0) is 22.8. The zero-order valence-electron chi connectivity index (χ0n) is 18.7. The van der Waals surface area contributed by atoms with E-state index in [4.69, 9.17) is 0 Å². The number of rotatable bonds is 4. The molecule has 2 aliphatic heterocycles. The Morgan fingerprint density at radius 2 is 1.68 bits per heavy atom. The van der Waals surface area contributed by atoms with Crippen molar-refractivity contribution in [2.75, 3.05) is 0 Å². The van der Waals surface area contributed by atoms with Crippen LogP contribution in [0.25, 0.3) is 5.57 Å². The summed E-state index contributed by atoms with van der Waals surface area (Å²) >= 11 is 0. The van der Waals surface area contributed by atoms with Crippen LogP contribution in [-0.2, 0) is 6.42 Å². The Hall–Kier alpha value is -3.03. The van der Waals surface area contributed by atoms with Gasteiger partial charge in [0.2, 0.25) is 0 Å². The van der Waals surface area contributed by atoms with Crippen molar-refractivity contribution in [3.05, 3.63) is 79.3 Å². The number of aromatic nitrogens is 1. The van der Waals surface area contributed by atoms with Gasteiger partial charge in [-0.1, -0.05) is 13.8 Å². The van der Waals surface area contributed by atoms with Crippen LogP contribution >= 0.6 is 0 Å². The van der Waals surface area contributed by atoms with E-state index in [2.05, 4.69) is 0 Å². The van der Waals surface area contributed by atoms with Crippen LogP contribution in [0.15, 0.2) is 41.1 Å². The molecule has 0 saturated carbocycles. The van der Waals surface area contributed by atoms with E-state index in [0.29, 0.717) is 46.8 Å². The lowest BCUT2D eigenvalue weighted by atomic mass is 9.83. The van der Waals surface area contributed by atoms with Gasteiger partial charge >= 0.3 is 6.97 Å². The van der Waals surface area contributed by atoms with Crippen LogP contribution in [-0.4, -0.2) is 26.6 Å². The lowest BCUT2D eigenvalue weighted by molar-refractivity contribution is -0.384. The summed E-state index contributed by atoms with van der Waals surface area (Å²) < 4.78 is 34.7. The van der Waals surface area contributed by atoms with Gasteiger partial charge in [0.1, 0.15) is 5.71 Å². The molecule has 0 fully saturated rings. The summed E-state index contributed by atoms with van der Waals surface area (Å²) in [7, 11) is 0. The van der Waals surface area contributed by atoms with Crippen molar-refractivity contribution in [1.82, 2.24) is 4.48 Å². The van der Waals surface area contributed by atoms with Crippen molar-refractivity contribution in [2.45, 2.75) is 54.4 Å². The van der Waals surface area contributed by atoms with Gasteiger partial charge in [0, 0.05) is 35.9 Å². The third kappa shape index (κ3) is 2.70. The first-order valence-corrected chi connectivity index (χ1v) is 10.6. The highest BCUT2D eigenvalue weighted by molar-refractivity contribution is 6.58. The van der Waals surface area contributed by atoms with Crippen molar-refractivity contribution in [3.63, 3.8) is 0 Å². The second-order valence-corrected chi connectivity index (χ2v) is 8.29. The van der Waals surface area contributed by atoms with E-state index in [9.17, 15) is 10.1 Å². The third-order valence-corrected chi connectivity index (χ3v) is 6.86. The van der Waals surface area contributed by atoms with E-state index in [1.54, 1.807) is 26.0 Å². The number of nitrogens with zero attached hydrogens (tertiary/aromatic N) is 3. The molecule has 3 heterocycles. The monoisotopic (exact) mass is 425 g/mol. The molecule has 0 N–H and O–H groups in total. The molecule has 1 aromatic heterocycles. The minimum Gasteiger partial charge on any atom is -0.393 e. The van der Waals surface area contributed by atoms with Gasteiger partial charge in [-0.25, -0.2) is 0 Å². The van der Waals surface area contributed by atoms with Crippen LogP contribution in [0.3, 0.4) is 0 Å². The molecule has 1 aromatic carbocycles. The minimum atomic E-state index is -4.07. The quantitative estimate of drug-likeness (QED) is 0.354. The molecular formula is C23H26BF2N3O2. The van der Waals surface area contributed by atoms with Crippen LogP contribution < -0.4 is 0 Å². The van der Waals surface area contributed by atoms with Crippen LogP contribution in [0, 0.1) is 24.0 Å². The van der Waals surface area contributed by atoms with Crippen molar-refractivity contribution >= 4 is 23.9 Å². The summed E-state index contributed by atoms with van der Waals surface area (Å²) in [5.41, 5.74) is 7.12. The van der Waals surface area contributed by atoms with Crippen LogP contribution in [0.1, 0.15) is 62.2 Å². The first-order chi connectivity index (χ1) is 14.6. The van der Waals surface area contributed by atoms with Gasteiger partial charge < -0.3 is 17.6 Å². The molecule has 0 bridgehead atoms. The first-order valence-electron chi connectivity index (χ1n) is 10.6. The number of hydrogen-bond donors (Lipinski definition) is 0. The topological polar surface area (TPSA) is 51.1 Å². The molecule has 0 atom stereocenters. The van der Waals surface area contributed by atoms with Crippen molar-refractivity contribution < 1.29 is 18.0 Å². The molecule has 0 spiro atoms. The van der Waals surface area contributed by atoms with Crippen molar-refractivity contribution in [1.29, 1.82) is 0 Å². The summed E-state index contributed by atoms with van der Waals surface area (Å²) in [4.78, 5) is 10.7. The summed E-state index contributed by atoms with van der Waals surface area (Å²) in [6.07, 6.45) is 1.31. The summed E-state index contributed by atoms with van der Waals surface area (Å²) in [6.45, 7) is 7.20. The van der Waals surface area contributed by atoms with Crippen LogP contribution in [0.5, 0.6) is 0 Å². The maximum absolute atomic E-state index is 16.1. The highest BCUT2D eigenvalue weighted by Crippen LogP contribution is 2.47. The molecule has 0 radical (unpaired) electrons. The van der Waals surface area contributed by atoms with Crippen LogP contribution in [0.2, 0.25) is 0 Å². The Bertz CT molecular complexity index is 1230. The zero-order valence-corrected chi connectivity index (χ0v) is 18.7. The van der Waals surface area contributed by atoms with Gasteiger partial charge in [0.25, 0.3) is 5.69 Å². The Morgan fingerprint density at radius 3 is 2.19 bits per heavy atom. The smallest absolute Gasteiger partial charge is 0.393 e. The van der Waals surface area contributed by atoms with Crippen LogP contribution in [0.4, 0.5) is 14.3 Å². The Labute approximate surface area is 180 Å². The summed E-state index contributed by atoms with van der Waals surface area (Å²) in [5, 5.41) is 11.1. The average molecular weight is 425 g/mol. The fourth-order valence-electron chi connectivity index (χ4n) is 5.50. The van der Waals surface area contributed by atoms with E-state index in [0.717, 1.165) is 22.3 Å². The second kappa shape index (κ2) is 7.00. The maximum atomic E-state index is 16.1. The highest BCUT2D eigenvalue weighted by atomic mass is 19.2. The second-order valence-electron chi connectivity index (χ2n) is 8.29. The van der Waals surface area contributed by atoms with Gasteiger partial charge in [-0.15, -0.1) is 0 Å². The number of fused-ring (bicyclic) bond motifs is 2. The molecule has 31 heavy (non-hydrogen) atoms. The Kier molecular flexibility index (Phi) is 4.79. The largest absolute Gasteiger partial charge is 0.737 e. The predicted molar refractivity (Wildman–Crippen MR) is 120 cm³/mol. The molecular weight excluding hydrogens is 399 g/mol. The predicted octanol–water partition coefficient (Wildman–Crippen LogP) is 5.78. The van der Waals surface area contributed by atoms with Gasteiger partial charge in [-0.05, 0) is 68.1 Å². The SMILES string of the molecule is CCC1=C(C)C2=C(c3ccc([N+](=O)[O-])cc3)c3c(C)c(CC)c(C)n3[B-](F)(F)[N+]2=C1C. The molecule has 4 rings (SSSR count). The fourth-order valence-corrected chi connectivity index (χ4v) is 5.50. The molecule has 2 aromatic rings. The van der Waals surface area contributed by atoms with Gasteiger partial charge in [-0.2, -0.15) is 0 Å². The average Bonchev–Trinajstić information content (AvgIpc) is 3.13. The lowest BCUT2D eigenvalue weighted by Gasteiger charge is -2.34. The number of benzene rings is 1. The Balaban J connectivity index is 2.17. The van der Waals surface area contributed by atoms with Crippen molar-refractivity contribution in [3.8, 4) is 0 Å². The van der Waals surface area contributed by atoms with Gasteiger partial charge in [0.15, 0.2) is 5.70 Å².